The number of carbonyl (C=O) groups excluding carboxylic acids is 1. The molecule has 1 aliphatic rings. The minimum atomic E-state index is -3.51. The van der Waals surface area contributed by atoms with Gasteiger partial charge in [-0.15, -0.1) is 0 Å². The molecule has 0 aliphatic carbocycles. The van der Waals surface area contributed by atoms with Crippen molar-refractivity contribution in [2.75, 3.05) is 32.7 Å². The number of nitrogens with zero attached hydrogens (tertiary/aromatic N) is 2. The van der Waals surface area contributed by atoms with Crippen LogP contribution in [0.4, 0.5) is 0 Å². The summed E-state index contributed by atoms with van der Waals surface area (Å²) in [6.07, 6.45) is 0.793. The SMILES string of the molecule is Cc1ccc(S(=O)(=O)N2CCN([C@H](C)C(=O)NCCc3ccccc3)CC2)cc1C. The molecule has 1 saturated heterocycles. The van der Waals surface area contributed by atoms with E-state index in [0.29, 0.717) is 37.6 Å². The fourth-order valence-electron chi connectivity index (χ4n) is 3.64. The number of benzene rings is 2. The van der Waals surface area contributed by atoms with Crippen LogP contribution >= 0.6 is 0 Å². The maximum absolute atomic E-state index is 13.0. The third-order valence-electron chi connectivity index (χ3n) is 5.87. The molecule has 3 rings (SSSR count). The smallest absolute Gasteiger partial charge is 0.243 e. The Kier molecular flexibility index (Phi) is 7.28. The number of sulfonamides is 1. The summed E-state index contributed by atoms with van der Waals surface area (Å²) in [6, 6.07) is 15.0. The van der Waals surface area contributed by atoms with Crippen LogP contribution in [0.3, 0.4) is 0 Å². The van der Waals surface area contributed by atoms with Crippen molar-refractivity contribution in [2.45, 2.75) is 38.1 Å². The molecule has 30 heavy (non-hydrogen) atoms. The molecule has 1 aliphatic heterocycles. The van der Waals surface area contributed by atoms with Gasteiger partial charge in [0.15, 0.2) is 0 Å². The van der Waals surface area contributed by atoms with Gasteiger partial charge in [-0.05, 0) is 56.0 Å². The molecule has 2 aromatic carbocycles. The zero-order valence-corrected chi connectivity index (χ0v) is 18.8. The molecule has 1 amide bonds. The zero-order valence-electron chi connectivity index (χ0n) is 18.0. The van der Waals surface area contributed by atoms with E-state index in [0.717, 1.165) is 17.5 Å². The van der Waals surface area contributed by atoms with Crippen molar-refractivity contribution >= 4 is 15.9 Å². The first-order valence-electron chi connectivity index (χ1n) is 10.4. The molecular weight excluding hydrogens is 398 g/mol. The molecule has 0 unspecified atom stereocenters. The van der Waals surface area contributed by atoms with Gasteiger partial charge in [0.05, 0.1) is 10.9 Å². The second kappa shape index (κ2) is 9.73. The van der Waals surface area contributed by atoms with Crippen molar-refractivity contribution in [1.82, 2.24) is 14.5 Å². The molecule has 6 nitrogen and oxygen atoms in total. The van der Waals surface area contributed by atoms with Gasteiger partial charge in [-0.2, -0.15) is 4.31 Å². The van der Waals surface area contributed by atoms with Gasteiger partial charge in [-0.1, -0.05) is 36.4 Å². The van der Waals surface area contributed by atoms with Crippen LogP contribution in [0, 0.1) is 13.8 Å². The lowest BCUT2D eigenvalue weighted by atomic mass is 10.1. The van der Waals surface area contributed by atoms with E-state index in [9.17, 15) is 13.2 Å². The van der Waals surface area contributed by atoms with E-state index < -0.39 is 10.0 Å². The van der Waals surface area contributed by atoms with E-state index in [1.54, 1.807) is 12.1 Å². The summed E-state index contributed by atoms with van der Waals surface area (Å²) in [4.78, 5) is 14.9. The molecule has 0 saturated carbocycles. The highest BCUT2D eigenvalue weighted by atomic mass is 32.2. The predicted molar refractivity (Wildman–Crippen MR) is 119 cm³/mol. The molecule has 0 radical (unpaired) electrons. The van der Waals surface area contributed by atoms with Crippen molar-refractivity contribution in [1.29, 1.82) is 0 Å². The average molecular weight is 430 g/mol. The third-order valence-corrected chi connectivity index (χ3v) is 7.77. The first-order valence-corrected chi connectivity index (χ1v) is 11.9. The van der Waals surface area contributed by atoms with Gasteiger partial charge < -0.3 is 5.32 Å². The van der Waals surface area contributed by atoms with E-state index in [1.807, 2.05) is 62.1 Å². The standard InChI is InChI=1S/C23H31N3O3S/c1-18-9-10-22(17-19(18)2)30(28,29)26-15-13-25(14-16-26)20(3)23(27)24-12-11-21-7-5-4-6-8-21/h4-10,17,20H,11-16H2,1-3H3,(H,24,27)/t20-/m1/s1. The lowest BCUT2D eigenvalue weighted by molar-refractivity contribution is -0.126. The zero-order chi connectivity index (χ0) is 21.7. The van der Waals surface area contributed by atoms with Gasteiger partial charge in [0.25, 0.3) is 0 Å². The van der Waals surface area contributed by atoms with Gasteiger partial charge in [0.2, 0.25) is 15.9 Å². The Morgan fingerprint density at radius 3 is 2.30 bits per heavy atom. The van der Waals surface area contributed by atoms with E-state index in [4.69, 9.17) is 0 Å². The molecular formula is C23H31N3O3S. The Hall–Kier alpha value is -2.22. The molecule has 1 atom stereocenters. The topological polar surface area (TPSA) is 69.7 Å². The van der Waals surface area contributed by atoms with Crippen molar-refractivity contribution in [3.05, 3.63) is 65.2 Å². The van der Waals surface area contributed by atoms with Crippen molar-refractivity contribution in [3.8, 4) is 0 Å². The normalized spacial score (nSPS) is 16.9. The number of nitrogens with one attached hydrogen (secondary N) is 1. The number of hydrogen-bond acceptors (Lipinski definition) is 4. The monoisotopic (exact) mass is 429 g/mol. The van der Waals surface area contributed by atoms with E-state index >= 15 is 0 Å². The van der Waals surface area contributed by atoms with Crippen LogP contribution in [0.1, 0.15) is 23.6 Å². The summed E-state index contributed by atoms with van der Waals surface area (Å²) in [6.45, 7) is 8.21. The minimum Gasteiger partial charge on any atom is -0.354 e. The molecule has 0 bridgehead atoms. The van der Waals surface area contributed by atoms with Gasteiger partial charge in [-0.3, -0.25) is 9.69 Å². The maximum atomic E-state index is 13.0. The molecule has 7 heteroatoms. The quantitative estimate of drug-likeness (QED) is 0.734. The third kappa shape index (κ3) is 5.28. The van der Waals surface area contributed by atoms with Crippen molar-refractivity contribution in [2.24, 2.45) is 0 Å². The summed E-state index contributed by atoms with van der Waals surface area (Å²) < 4.78 is 27.5. The Bertz CT molecular complexity index is 968. The van der Waals surface area contributed by atoms with Crippen LogP contribution in [-0.4, -0.2) is 62.3 Å². The first-order chi connectivity index (χ1) is 14.3. The summed E-state index contributed by atoms with van der Waals surface area (Å²) in [7, 11) is -3.51. The van der Waals surface area contributed by atoms with Gasteiger partial charge in [-0.25, -0.2) is 8.42 Å². The number of amides is 1. The van der Waals surface area contributed by atoms with E-state index in [1.165, 1.54) is 9.87 Å². The fourth-order valence-corrected chi connectivity index (χ4v) is 5.15. The predicted octanol–water partition coefficient (Wildman–Crippen LogP) is 2.36. The van der Waals surface area contributed by atoms with E-state index in [-0.39, 0.29) is 11.9 Å². The number of hydrogen-bond donors (Lipinski definition) is 1. The maximum Gasteiger partial charge on any atom is 0.243 e. The summed E-state index contributed by atoms with van der Waals surface area (Å²) in [5.41, 5.74) is 3.23. The first kappa shape index (κ1) is 22.5. The molecule has 0 aromatic heterocycles. The molecule has 1 heterocycles. The van der Waals surface area contributed by atoms with Crippen LogP contribution in [0.5, 0.6) is 0 Å². The number of rotatable bonds is 7. The van der Waals surface area contributed by atoms with Gasteiger partial charge in [0, 0.05) is 32.7 Å². The van der Waals surface area contributed by atoms with Crippen LogP contribution < -0.4 is 5.32 Å². The highest BCUT2D eigenvalue weighted by molar-refractivity contribution is 7.89. The van der Waals surface area contributed by atoms with Crippen LogP contribution in [0.25, 0.3) is 0 Å². The van der Waals surface area contributed by atoms with Crippen LogP contribution in [0.15, 0.2) is 53.4 Å². The highest BCUT2D eigenvalue weighted by Gasteiger charge is 2.31. The lowest BCUT2D eigenvalue weighted by Crippen LogP contribution is -2.55. The molecule has 1 fully saturated rings. The Morgan fingerprint density at radius 1 is 1.00 bits per heavy atom. The Labute approximate surface area is 179 Å². The highest BCUT2D eigenvalue weighted by Crippen LogP contribution is 2.21. The number of carbonyl (C=O) groups is 1. The van der Waals surface area contributed by atoms with Crippen molar-refractivity contribution < 1.29 is 13.2 Å². The number of piperazine rings is 1. The minimum absolute atomic E-state index is 0.0172. The molecule has 1 N–H and O–H groups in total. The Balaban J connectivity index is 1.51. The summed E-state index contributed by atoms with van der Waals surface area (Å²) >= 11 is 0. The Morgan fingerprint density at radius 2 is 1.67 bits per heavy atom. The number of aryl methyl sites for hydroxylation is 2. The molecule has 0 spiro atoms. The second-order valence-electron chi connectivity index (χ2n) is 7.89. The average Bonchev–Trinajstić information content (AvgIpc) is 2.75. The summed E-state index contributed by atoms with van der Waals surface area (Å²) in [5, 5.41) is 2.99. The van der Waals surface area contributed by atoms with Gasteiger partial charge in [0.1, 0.15) is 0 Å². The summed E-state index contributed by atoms with van der Waals surface area (Å²) in [5.74, 6) is -0.0172. The fraction of sp³-hybridized carbons (Fsp3) is 0.435. The molecule has 162 valence electrons. The van der Waals surface area contributed by atoms with Gasteiger partial charge >= 0.3 is 0 Å². The van der Waals surface area contributed by atoms with Crippen LogP contribution in [0.2, 0.25) is 0 Å². The second-order valence-corrected chi connectivity index (χ2v) is 9.83. The largest absolute Gasteiger partial charge is 0.354 e. The van der Waals surface area contributed by atoms with Crippen LogP contribution in [-0.2, 0) is 21.2 Å². The molecule has 2 aromatic rings. The van der Waals surface area contributed by atoms with Crippen molar-refractivity contribution in [3.63, 3.8) is 0 Å². The van der Waals surface area contributed by atoms with E-state index in [2.05, 4.69) is 5.32 Å². The lowest BCUT2D eigenvalue weighted by Gasteiger charge is -2.36.